The lowest BCUT2D eigenvalue weighted by atomic mass is 10.3. The fourth-order valence-corrected chi connectivity index (χ4v) is 1.73. The van der Waals surface area contributed by atoms with Gasteiger partial charge < -0.3 is 10.6 Å². The number of amides is 1. The van der Waals surface area contributed by atoms with Crippen molar-refractivity contribution < 1.29 is 13.2 Å². The maximum Gasteiger partial charge on any atom is 0.237 e. The summed E-state index contributed by atoms with van der Waals surface area (Å²) in [7, 11) is -1.75. The fraction of sp³-hybridized carbons (Fsp3) is 0.889. The normalized spacial score (nSPS) is 13.1. The number of likely N-dealkylation sites (N-methyl/N-ethyl adjacent to an activating group) is 1. The van der Waals surface area contributed by atoms with Crippen molar-refractivity contribution in [3.63, 3.8) is 0 Å². The molecule has 1 atom stereocenters. The molecule has 0 aromatic carbocycles. The van der Waals surface area contributed by atoms with Crippen LogP contribution in [0.1, 0.15) is 20.8 Å². The van der Waals surface area contributed by atoms with Gasteiger partial charge in [-0.15, -0.1) is 12.4 Å². The van der Waals surface area contributed by atoms with Gasteiger partial charge in [0.25, 0.3) is 0 Å². The van der Waals surface area contributed by atoms with Crippen molar-refractivity contribution in [2.24, 2.45) is 5.73 Å². The minimum atomic E-state index is -3.32. The van der Waals surface area contributed by atoms with Crippen molar-refractivity contribution in [1.82, 2.24) is 4.90 Å². The third-order valence-corrected chi connectivity index (χ3v) is 4.52. The Morgan fingerprint density at radius 1 is 1.31 bits per heavy atom. The van der Waals surface area contributed by atoms with Crippen LogP contribution >= 0.6 is 12.4 Å². The number of rotatable bonds is 5. The molecule has 0 bridgehead atoms. The number of sulfone groups is 1. The van der Waals surface area contributed by atoms with E-state index in [1.165, 1.54) is 4.90 Å². The summed E-state index contributed by atoms with van der Waals surface area (Å²) in [4.78, 5) is 12.9. The van der Waals surface area contributed by atoms with Gasteiger partial charge in [-0.2, -0.15) is 0 Å². The topological polar surface area (TPSA) is 80.5 Å². The SMILES string of the molecule is CC(CN)N(C)C(=O)CS(=O)(=O)C(C)C.Cl. The van der Waals surface area contributed by atoms with E-state index in [2.05, 4.69) is 0 Å². The molecule has 0 aromatic rings. The van der Waals surface area contributed by atoms with E-state index in [0.717, 1.165) is 0 Å². The van der Waals surface area contributed by atoms with Gasteiger partial charge in [0, 0.05) is 19.6 Å². The molecule has 0 aliphatic carbocycles. The first kappa shape index (κ1) is 18.0. The first-order valence-corrected chi connectivity index (χ1v) is 6.61. The Morgan fingerprint density at radius 2 is 1.75 bits per heavy atom. The summed E-state index contributed by atoms with van der Waals surface area (Å²) in [6.07, 6.45) is 0. The molecule has 7 heteroatoms. The van der Waals surface area contributed by atoms with Crippen molar-refractivity contribution >= 4 is 28.2 Å². The molecular formula is C9H21ClN2O3S. The molecule has 0 heterocycles. The average molecular weight is 273 g/mol. The molecule has 0 rings (SSSR count). The molecule has 0 spiro atoms. The molecule has 0 aromatic heterocycles. The molecule has 0 fully saturated rings. The summed E-state index contributed by atoms with van der Waals surface area (Å²) in [5, 5.41) is -0.525. The predicted octanol–water partition coefficient (Wildman–Crippen LogP) is 0.0370. The second-order valence-electron chi connectivity index (χ2n) is 3.95. The van der Waals surface area contributed by atoms with Crippen molar-refractivity contribution in [2.45, 2.75) is 32.1 Å². The molecule has 0 aliphatic heterocycles. The quantitative estimate of drug-likeness (QED) is 0.766. The lowest BCUT2D eigenvalue weighted by Gasteiger charge is -2.23. The lowest BCUT2D eigenvalue weighted by molar-refractivity contribution is -0.128. The molecule has 0 radical (unpaired) electrons. The third-order valence-electron chi connectivity index (χ3n) is 2.44. The molecule has 98 valence electrons. The van der Waals surface area contributed by atoms with Crippen molar-refractivity contribution in [3.05, 3.63) is 0 Å². The van der Waals surface area contributed by atoms with E-state index in [0.29, 0.717) is 6.54 Å². The highest BCUT2D eigenvalue weighted by Gasteiger charge is 2.24. The molecule has 0 saturated heterocycles. The van der Waals surface area contributed by atoms with Crippen LogP contribution in [0.15, 0.2) is 0 Å². The maximum absolute atomic E-state index is 11.6. The van der Waals surface area contributed by atoms with Gasteiger partial charge in [-0.05, 0) is 20.8 Å². The molecule has 0 aliphatic rings. The summed E-state index contributed by atoms with van der Waals surface area (Å²) in [5.41, 5.74) is 5.39. The number of halogens is 1. The van der Waals surface area contributed by atoms with E-state index < -0.39 is 26.7 Å². The van der Waals surface area contributed by atoms with E-state index in [4.69, 9.17) is 5.73 Å². The van der Waals surface area contributed by atoms with Gasteiger partial charge in [0.05, 0.1) is 5.25 Å². The number of carbonyl (C=O) groups is 1. The lowest BCUT2D eigenvalue weighted by Crippen LogP contribution is -2.43. The number of nitrogens with two attached hydrogens (primary N) is 1. The van der Waals surface area contributed by atoms with E-state index in [1.54, 1.807) is 27.8 Å². The summed E-state index contributed by atoms with van der Waals surface area (Å²) in [5.74, 6) is -0.840. The number of hydrogen-bond donors (Lipinski definition) is 1. The van der Waals surface area contributed by atoms with Crippen molar-refractivity contribution in [2.75, 3.05) is 19.3 Å². The van der Waals surface area contributed by atoms with Crippen LogP contribution in [0.2, 0.25) is 0 Å². The standard InChI is InChI=1S/C9H20N2O3S.ClH/c1-7(2)15(13,14)6-9(12)11(4)8(3)5-10;/h7-8H,5-6,10H2,1-4H3;1H. The van der Waals surface area contributed by atoms with Crippen LogP contribution < -0.4 is 5.73 Å². The largest absolute Gasteiger partial charge is 0.341 e. The second-order valence-corrected chi connectivity index (χ2v) is 6.50. The van der Waals surface area contributed by atoms with Crippen molar-refractivity contribution in [1.29, 1.82) is 0 Å². The zero-order chi connectivity index (χ0) is 12.2. The summed E-state index contributed by atoms with van der Waals surface area (Å²) in [6, 6.07) is -0.139. The molecule has 1 unspecified atom stereocenters. The molecule has 2 N–H and O–H groups in total. The summed E-state index contributed by atoms with van der Waals surface area (Å²) < 4.78 is 23.0. The Bertz CT molecular complexity index is 317. The van der Waals surface area contributed by atoms with E-state index >= 15 is 0 Å². The van der Waals surface area contributed by atoms with Crippen LogP contribution in [-0.2, 0) is 14.6 Å². The second kappa shape index (κ2) is 7.09. The van der Waals surface area contributed by atoms with E-state index in [-0.39, 0.29) is 18.4 Å². The monoisotopic (exact) mass is 272 g/mol. The van der Waals surface area contributed by atoms with Gasteiger partial charge in [0.2, 0.25) is 5.91 Å². The third kappa shape index (κ3) is 5.14. The Labute approximate surface area is 104 Å². The van der Waals surface area contributed by atoms with Crippen LogP contribution in [0, 0.1) is 0 Å². The summed E-state index contributed by atoms with van der Waals surface area (Å²) >= 11 is 0. The molecule has 5 nitrogen and oxygen atoms in total. The van der Waals surface area contributed by atoms with Crippen LogP contribution in [0.4, 0.5) is 0 Å². The van der Waals surface area contributed by atoms with Crippen LogP contribution in [0.3, 0.4) is 0 Å². The highest BCUT2D eigenvalue weighted by atomic mass is 35.5. The summed E-state index contributed by atoms with van der Waals surface area (Å²) in [6.45, 7) is 5.23. The Morgan fingerprint density at radius 3 is 2.06 bits per heavy atom. The van der Waals surface area contributed by atoms with Crippen LogP contribution in [0.5, 0.6) is 0 Å². The number of nitrogens with zero attached hydrogens (tertiary/aromatic N) is 1. The molecule has 1 amide bonds. The fourth-order valence-electron chi connectivity index (χ4n) is 0.845. The number of hydrogen-bond acceptors (Lipinski definition) is 4. The zero-order valence-electron chi connectivity index (χ0n) is 10.1. The van der Waals surface area contributed by atoms with Gasteiger partial charge in [0.15, 0.2) is 9.84 Å². The number of carbonyl (C=O) groups excluding carboxylic acids is 1. The minimum absolute atomic E-state index is 0. The molecule has 16 heavy (non-hydrogen) atoms. The Hall–Kier alpha value is -0.330. The van der Waals surface area contributed by atoms with Gasteiger partial charge in [-0.3, -0.25) is 4.79 Å². The van der Waals surface area contributed by atoms with E-state index in [9.17, 15) is 13.2 Å². The Kier molecular flexibility index (Phi) is 7.99. The minimum Gasteiger partial charge on any atom is -0.341 e. The van der Waals surface area contributed by atoms with Gasteiger partial charge >= 0.3 is 0 Å². The van der Waals surface area contributed by atoms with Crippen molar-refractivity contribution in [3.8, 4) is 0 Å². The van der Waals surface area contributed by atoms with E-state index in [1.807, 2.05) is 0 Å². The zero-order valence-corrected chi connectivity index (χ0v) is 11.8. The first-order chi connectivity index (χ1) is 6.72. The maximum atomic E-state index is 11.6. The Balaban J connectivity index is 0. The molecule has 0 saturated carbocycles. The van der Waals surface area contributed by atoms with Crippen LogP contribution in [-0.4, -0.2) is 49.9 Å². The first-order valence-electron chi connectivity index (χ1n) is 4.89. The van der Waals surface area contributed by atoms with Gasteiger partial charge in [-0.25, -0.2) is 8.42 Å². The molecular weight excluding hydrogens is 252 g/mol. The van der Waals surface area contributed by atoms with Crippen LogP contribution in [0.25, 0.3) is 0 Å². The van der Waals surface area contributed by atoms with Gasteiger partial charge in [0.1, 0.15) is 5.75 Å². The highest BCUT2D eigenvalue weighted by Crippen LogP contribution is 2.03. The predicted molar refractivity (Wildman–Crippen MR) is 67.5 cm³/mol. The average Bonchev–Trinajstić information content (AvgIpc) is 2.14. The smallest absolute Gasteiger partial charge is 0.237 e. The highest BCUT2D eigenvalue weighted by molar-refractivity contribution is 7.92. The van der Waals surface area contributed by atoms with Gasteiger partial charge in [-0.1, -0.05) is 0 Å².